The van der Waals surface area contributed by atoms with E-state index in [1.807, 2.05) is 5.06 Å². The van der Waals surface area contributed by atoms with Crippen LogP contribution in [0.2, 0.25) is 0 Å². The van der Waals surface area contributed by atoms with Gasteiger partial charge in [0.05, 0.1) is 13.2 Å². The Balaban J connectivity index is 1.83. The van der Waals surface area contributed by atoms with Gasteiger partial charge >= 0.3 is 0 Å². The summed E-state index contributed by atoms with van der Waals surface area (Å²) in [4.78, 5) is 5.45. The summed E-state index contributed by atoms with van der Waals surface area (Å²) in [6, 6.07) is 0.667. The van der Waals surface area contributed by atoms with Gasteiger partial charge in [-0.05, 0) is 25.2 Å². The normalized spacial score (nSPS) is 36.4. The van der Waals surface area contributed by atoms with Crippen LogP contribution in [-0.2, 0) is 4.84 Å². The Kier molecular flexibility index (Phi) is 1.96. The Morgan fingerprint density at radius 3 is 3.09 bits per heavy atom. The van der Waals surface area contributed by atoms with Gasteiger partial charge in [-0.15, -0.1) is 6.58 Å². The second-order valence-corrected chi connectivity index (χ2v) is 3.32. The molecule has 61 valence electrons. The quantitative estimate of drug-likeness (QED) is 0.571. The lowest BCUT2D eigenvalue weighted by molar-refractivity contribution is -0.145. The second kappa shape index (κ2) is 2.95. The predicted molar refractivity (Wildman–Crippen MR) is 43.4 cm³/mol. The lowest BCUT2D eigenvalue weighted by Gasteiger charge is -2.24. The molecule has 2 nitrogen and oxygen atoms in total. The largest absolute Gasteiger partial charge is 0.294 e. The lowest BCUT2D eigenvalue weighted by Crippen LogP contribution is -2.28. The average Bonchev–Trinajstić information content (AvgIpc) is 2.60. The molecule has 1 saturated heterocycles. The second-order valence-electron chi connectivity index (χ2n) is 3.32. The van der Waals surface area contributed by atoms with Crippen molar-refractivity contribution < 1.29 is 4.84 Å². The molecular formula is C9H14NO. The Morgan fingerprint density at radius 1 is 1.64 bits per heavy atom. The zero-order valence-corrected chi connectivity index (χ0v) is 6.70. The molecule has 0 spiro atoms. The molecule has 1 aliphatic heterocycles. The number of piperidine rings is 1. The number of hydrogen-bond acceptors (Lipinski definition) is 2. The summed E-state index contributed by atoms with van der Waals surface area (Å²) < 4.78 is 0. The average molecular weight is 152 g/mol. The van der Waals surface area contributed by atoms with Crippen LogP contribution in [0.25, 0.3) is 0 Å². The van der Waals surface area contributed by atoms with E-state index in [1.165, 1.54) is 19.3 Å². The van der Waals surface area contributed by atoms with Gasteiger partial charge in [0.2, 0.25) is 0 Å². The van der Waals surface area contributed by atoms with Crippen LogP contribution in [0.1, 0.15) is 19.3 Å². The molecule has 2 aliphatic rings. The van der Waals surface area contributed by atoms with Gasteiger partial charge in [0, 0.05) is 6.04 Å². The molecule has 0 N–H and O–H groups in total. The van der Waals surface area contributed by atoms with Crippen molar-refractivity contribution in [1.29, 1.82) is 0 Å². The summed E-state index contributed by atoms with van der Waals surface area (Å²) in [6.07, 6.45) is 5.76. The topological polar surface area (TPSA) is 12.5 Å². The van der Waals surface area contributed by atoms with Crippen LogP contribution in [0, 0.1) is 12.5 Å². The first-order chi connectivity index (χ1) is 5.40. The lowest BCUT2D eigenvalue weighted by atomic mass is 10.1. The van der Waals surface area contributed by atoms with Crippen LogP contribution in [0.15, 0.2) is 12.7 Å². The van der Waals surface area contributed by atoms with Gasteiger partial charge in [-0.1, -0.05) is 6.08 Å². The Morgan fingerprint density at radius 2 is 2.55 bits per heavy atom. The zero-order chi connectivity index (χ0) is 7.68. The van der Waals surface area contributed by atoms with Gasteiger partial charge in [0.15, 0.2) is 0 Å². The molecular weight excluding hydrogens is 138 g/mol. The van der Waals surface area contributed by atoms with Gasteiger partial charge in [-0.25, -0.2) is 0 Å². The first-order valence-electron chi connectivity index (χ1n) is 4.27. The van der Waals surface area contributed by atoms with E-state index in [0.29, 0.717) is 12.6 Å². The number of fused-ring (bicyclic) bond motifs is 2. The molecule has 2 rings (SSSR count). The van der Waals surface area contributed by atoms with Crippen molar-refractivity contribution >= 4 is 0 Å². The van der Waals surface area contributed by atoms with Crippen molar-refractivity contribution in [1.82, 2.24) is 5.06 Å². The molecule has 1 aliphatic carbocycles. The van der Waals surface area contributed by atoms with Crippen molar-refractivity contribution in [2.45, 2.75) is 25.3 Å². The third kappa shape index (κ3) is 1.33. The SMILES string of the molecule is C=CCON1[CH]C2CCC1C2. The van der Waals surface area contributed by atoms with E-state index in [0.717, 1.165) is 5.92 Å². The molecule has 0 aromatic heterocycles. The van der Waals surface area contributed by atoms with E-state index in [-0.39, 0.29) is 0 Å². The summed E-state index contributed by atoms with van der Waals surface area (Å²) in [5.41, 5.74) is 0. The molecule has 1 heterocycles. The maximum atomic E-state index is 5.45. The molecule has 2 unspecified atom stereocenters. The standard InChI is InChI=1S/C9H14NO/c1-2-5-11-10-7-8-3-4-9(10)6-8/h2,7-9H,1,3-6H2. The van der Waals surface area contributed by atoms with Gasteiger partial charge in [0.25, 0.3) is 0 Å². The van der Waals surface area contributed by atoms with E-state index >= 15 is 0 Å². The summed E-state index contributed by atoms with van der Waals surface area (Å²) in [7, 11) is 0. The fraction of sp³-hybridized carbons (Fsp3) is 0.667. The summed E-state index contributed by atoms with van der Waals surface area (Å²) >= 11 is 0. The summed E-state index contributed by atoms with van der Waals surface area (Å²) in [6.45, 7) is 6.48. The van der Waals surface area contributed by atoms with Crippen molar-refractivity contribution in [2.24, 2.45) is 5.92 Å². The highest BCUT2D eigenvalue weighted by molar-refractivity contribution is 4.96. The van der Waals surface area contributed by atoms with Crippen LogP contribution >= 0.6 is 0 Å². The smallest absolute Gasteiger partial charge is 0.0864 e. The number of nitrogens with zero attached hydrogens (tertiary/aromatic N) is 1. The maximum Gasteiger partial charge on any atom is 0.0864 e. The number of hydroxylamine groups is 2. The molecule has 0 aromatic carbocycles. The van der Waals surface area contributed by atoms with E-state index in [9.17, 15) is 0 Å². The summed E-state index contributed by atoms with van der Waals surface area (Å²) in [5.74, 6) is 0.796. The van der Waals surface area contributed by atoms with Crippen molar-refractivity contribution in [3.05, 3.63) is 19.2 Å². The summed E-state index contributed by atoms with van der Waals surface area (Å²) in [5, 5.41) is 2.02. The fourth-order valence-corrected chi connectivity index (χ4v) is 1.97. The first kappa shape index (κ1) is 7.32. The Bertz CT molecular complexity index is 158. The number of rotatable bonds is 3. The third-order valence-electron chi connectivity index (χ3n) is 2.50. The Hall–Kier alpha value is -0.340. The fourth-order valence-electron chi connectivity index (χ4n) is 1.97. The molecule has 0 amide bonds. The van der Waals surface area contributed by atoms with E-state index in [2.05, 4.69) is 13.1 Å². The van der Waals surface area contributed by atoms with Crippen LogP contribution in [0.3, 0.4) is 0 Å². The molecule has 2 heteroatoms. The zero-order valence-electron chi connectivity index (χ0n) is 6.70. The van der Waals surface area contributed by atoms with Gasteiger partial charge in [0.1, 0.15) is 0 Å². The van der Waals surface area contributed by atoms with Crippen molar-refractivity contribution in [3.63, 3.8) is 0 Å². The van der Waals surface area contributed by atoms with Crippen molar-refractivity contribution in [3.8, 4) is 0 Å². The molecule has 1 saturated carbocycles. The van der Waals surface area contributed by atoms with Crippen LogP contribution in [0.5, 0.6) is 0 Å². The molecule has 1 radical (unpaired) electrons. The molecule has 2 atom stereocenters. The van der Waals surface area contributed by atoms with Crippen molar-refractivity contribution in [2.75, 3.05) is 6.61 Å². The highest BCUT2D eigenvalue weighted by Crippen LogP contribution is 2.40. The van der Waals surface area contributed by atoms with E-state index in [1.54, 1.807) is 6.08 Å². The monoisotopic (exact) mass is 152 g/mol. The van der Waals surface area contributed by atoms with Gasteiger partial charge in [-0.3, -0.25) is 4.84 Å². The number of hydrogen-bond donors (Lipinski definition) is 0. The third-order valence-corrected chi connectivity index (χ3v) is 2.50. The molecule has 11 heavy (non-hydrogen) atoms. The molecule has 0 aromatic rings. The van der Waals surface area contributed by atoms with Crippen LogP contribution in [-0.4, -0.2) is 17.7 Å². The molecule has 2 fully saturated rings. The highest BCUT2D eigenvalue weighted by atomic mass is 16.7. The minimum atomic E-state index is 0.639. The van der Waals surface area contributed by atoms with Crippen LogP contribution in [0.4, 0.5) is 0 Å². The minimum absolute atomic E-state index is 0.639. The molecule has 2 bridgehead atoms. The Labute approximate surface area is 67.8 Å². The van der Waals surface area contributed by atoms with Crippen LogP contribution < -0.4 is 0 Å². The maximum absolute atomic E-state index is 5.45. The predicted octanol–water partition coefficient (Wildman–Crippen LogP) is 1.75. The highest BCUT2D eigenvalue weighted by Gasteiger charge is 2.38. The first-order valence-corrected chi connectivity index (χ1v) is 4.27. The van der Waals surface area contributed by atoms with E-state index < -0.39 is 0 Å². The van der Waals surface area contributed by atoms with Gasteiger partial charge in [-0.2, -0.15) is 5.06 Å². The van der Waals surface area contributed by atoms with Gasteiger partial charge < -0.3 is 0 Å². The minimum Gasteiger partial charge on any atom is -0.294 e. The van der Waals surface area contributed by atoms with E-state index in [4.69, 9.17) is 4.84 Å².